The first-order valence-corrected chi connectivity index (χ1v) is 15.5. The van der Waals surface area contributed by atoms with Crippen LogP contribution in [0.15, 0.2) is 72.8 Å². The van der Waals surface area contributed by atoms with Gasteiger partial charge in [0.15, 0.2) is 0 Å². The molecule has 0 unspecified atom stereocenters. The number of rotatable bonds is 9. The topological polar surface area (TPSA) is 81.8 Å². The van der Waals surface area contributed by atoms with Crippen LogP contribution >= 0.6 is 0 Å². The molecule has 1 aliphatic carbocycles. The fourth-order valence-electron chi connectivity index (χ4n) is 6.22. The number of halogens is 1. The molecule has 3 amide bonds. The standard InChI is InChI=1S/C35H41FN4O3/c1-2-30(26-9-4-3-5-10-26)35(43)40-20-8-19-39(21-22-40)32-18-17-29(38-33(41)27-11-6-7-12-27)23-31(32)34(42)37-24-25-13-15-28(36)16-14-25/h3-5,9-10,13-18,23,27,30H,2,6-8,11-12,19-22,24H2,1H3,(H,37,42)(H,38,41)/t30-/m0/s1. The summed E-state index contributed by atoms with van der Waals surface area (Å²) < 4.78 is 13.4. The summed E-state index contributed by atoms with van der Waals surface area (Å²) in [5, 5.41) is 5.99. The SMILES string of the molecule is CC[C@H](C(=O)N1CCCN(c2ccc(NC(=O)C3CCCC3)cc2C(=O)NCc2ccc(F)cc2)CC1)c1ccccc1. The maximum absolute atomic E-state index is 13.6. The normalized spacial score (nSPS) is 16.4. The second-order valence-corrected chi connectivity index (χ2v) is 11.5. The van der Waals surface area contributed by atoms with E-state index in [2.05, 4.69) is 15.5 Å². The third kappa shape index (κ3) is 7.61. The Balaban J connectivity index is 1.33. The second kappa shape index (κ2) is 14.3. The van der Waals surface area contributed by atoms with Gasteiger partial charge in [0.25, 0.3) is 5.91 Å². The smallest absolute Gasteiger partial charge is 0.253 e. The van der Waals surface area contributed by atoms with Crippen molar-refractivity contribution in [3.8, 4) is 0 Å². The van der Waals surface area contributed by atoms with Crippen molar-refractivity contribution in [2.24, 2.45) is 5.92 Å². The minimum Gasteiger partial charge on any atom is -0.369 e. The van der Waals surface area contributed by atoms with Gasteiger partial charge in [-0.05, 0) is 67.1 Å². The third-order valence-electron chi connectivity index (χ3n) is 8.66. The minimum atomic E-state index is -0.328. The number of nitrogens with zero attached hydrogens (tertiary/aromatic N) is 2. The average molecular weight is 585 g/mol. The molecular weight excluding hydrogens is 543 g/mol. The first kappa shape index (κ1) is 30.3. The van der Waals surface area contributed by atoms with Crippen molar-refractivity contribution in [3.63, 3.8) is 0 Å². The number of benzene rings is 3. The molecule has 226 valence electrons. The van der Waals surface area contributed by atoms with E-state index in [0.717, 1.165) is 55.3 Å². The van der Waals surface area contributed by atoms with Crippen LogP contribution in [0.4, 0.5) is 15.8 Å². The highest BCUT2D eigenvalue weighted by atomic mass is 19.1. The van der Waals surface area contributed by atoms with Crippen LogP contribution in [0.25, 0.3) is 0 Å². The Bertz CT molecular complexity index is 1410. The number of nitrogens with one attached hydrogen (secondary N) is 2. The zero-order chi connectivity index (χ0) is 30.2. The van der Waals surface area contributed by atoms with Crippen molar-refractivity contribution in [3.05, 3.63) is 95.3 Å². The molecule has 1 saturated heterocycles. The molecule has 7 nitrogen and oxygen atoms in total. The molecule has 3 aromatic rings. The van der Waals surface area contributed by atoms with Crippen molar-refractivity contribution >= 4 is 29.1 Å². The summed E-state index contributed by atoms with van der Waals surface area (Å²) in [4.78, 5) is 44.1. The van der Waals surface area contributed by atoms with Gasteiger partial charge in [0.05, 0.1) is 11.5 Å². The van der Waals surface area contributed by atoms with Gasteiger partial charge < -0.3 is 20.4 Å². The van der Waals surface area contributed by atoms with Crippen LogP contribution in [0, 0.1) is 11.7 Å². The van der Waals surface area contributed by atoms with E-state index in [1.165, 1.54) is 12.1 Å². The van der Waals surface area contributed by atoms with Crippen LogP contribution in [0.2, 0.25) is 0 Å². The molecule has 2 N–H and O–H groups in total. The highest BCUT2D eigenvalue weighted by Crippen LogP contribution is 2.30. The lowest BCUT2D eigenvalue weighted by Crippen LogP contribution is -2.38. The number of amides is 3. The summed E-state index contributed by atoms with van der Waals surface area (Å²) in [5.41, 5.74) is 3.64. The zero-order valence-corrected chi connectivity index (χ0v) is 24.9. The monoisotopic (exact) mass is 584 g/mol. The molecule has 2 aliphatic rings. The molecule has 1 heterocycles. The molecule has 1 atom stereocenters. The van der Waals surface area contributed by atoms with Gasteiger partial charge in [0.1, 0.15) is 5.82 Å². The molecule has 1 aliphatic heterocycles. The van der Waals surface area contributed by atoms with Gasteiger partial charge in [-0.15, -0.1) is 0 Å². The summed E-state index contributed by atoms with van der Waals surface area (Å²) in [6, 6.07) is 21.5. The van der Waals surface area contributed by atoms with Crippen molar-refractivity contribution in [2.75, 3.05) is 36.4 Å². The Morgan fingerprint density at radius 1 is 0.884 bits per heavy atom. The first-order chi connectivity index (χ1) is 20.9. The summed E-state index contributed by atoms with van der Waals surface area (Å²) >= 11 is 0. The minimum absolute atomic E-state index is 0.00394. The summed E-state index contributed by atoms with van der Waals surface area (Å²) in [7, 11) is 0. The predicted octanol–water partition coefficient (Wildman–Crippen LogP) is 6.12. The van der Waals surface area contributed by atoms with E-state index in [9.17, 15) is 18.8 Å². The second-order valence-electron chi connectivity index (χ2n) is 11.5. The van der Waals surface area contributed by atoms with Crippen LogP contribution < -0.4 is 15.5 Å². The Kier molecular flexibility index (Phi) is 10.1. The molecule has 0 bridgehead atoms. The molecule has 3 aromatic carbocycles. The molecule has 1 saturated carbocycles. The maximum Gasteiger partial charge on any atom is 0.253 e. The van der Waals surface area contributed by atoms with Crippen LogP contribution in [0.3, 0.4) is 0 Å². The van der Waals surface area contributed by atoms with Crippen molar-refractivity contribution in [2.45, 2.75) is 57.9 Å². The van der Waals surface area contributed by atoms with E-state index in [1.807, 2.05) is 54.3 Å². The molecule has 0 aromatic heterocycles. The van der Waals surface area contributed by atoms with E-state index < -0.39 is 0 Å². The van der Waals surface area contributed by atoms with Gasteiger partial charge in [-0.1, -0.05) is 62.2 Å². The van der Waals surface area contributed by atoms with Crippen LogP contribution in [0.5, 0.6) is 0 Å². The van der Waals surface area contributed by atoms with E-state index >= 15 is 0 Å². The van der Waals surface area contributed by atoms with E-state index in [4.69, 9.17) is 0 Å². The number of hydrogen-bond acceptors (Lipinski definition) is 4. The summed E-state index contributed by atoms with van der Waals surface area (Å²) in [6.45, 7) is 4.78. The number of hydrogen-bond donors (Lipinski definition) is 2. The molecular formula is C35H41FN4O3. The van der Waals surface area contributed by atoms with Crippen LogP contribution in [0.1, 0.15) is 72.9 Å². The van der Waals surface area contributed by atoms with Gasteiger partial charge >= 0.3 is 0 Å². The molecule has 5 rings (SSSR count). The van der Waals surface area contributed by atoms with Crippen LogP contribution in [-0.2, 0) is 16.1 Å². The molecule has 43 heavy (non-hydrogen) atoms. The van der Waals surface area contributed by atoms with Gasteiger partial charge in [-0.25, -0.2) is 4.39 Å². The third-order valence-corrected chi connectivity index (χ3v) is 8.66. The Hall–Kier alpha value is -4.20. The van der Waals surface area contributed by atoms with Crippen molar-refractivity contribution in [1.29, 1.82) is 0 Å². The Labute approximate surface area is 253 Å². The lowest BCUT2D eigenvalue weighted by atomic mass is 9.95. The lowest BCUT2D eigenvalue weighted by molar-refractivity contribution is -0.132. The van der Waals surface area contributed by atoms with Gasteiger partial charge in [-0.2, -0.15) is 0 Å². The maximum atomic E-state index is 13.6. The van der Waals surface area contributed by atoms with E-state index in [0.29, 0.717) is 37.4 Å². The van der Waals surface area contributed by atoms with Crippen LogP contribution in [-0.4, -0.2) is 48.8 Å². The fourth-order valence-corrected chi connectivity index (χ4v) is 6.22. The Morgan fingerprint density at radius 3 is 2.35 bits per heavy atom. The Morgan fingerprint density at radius 2 is 1.63 bits per heavy atom. The van der Waals surface area contributed by atoms with Crippen molar-refractivity contribution in [1.82, 2.24) is 10.2 Å². The number of carbonyl (C=O) groups excluding carboxylic acids is 3. The van der Waals surface area contributed by atoms with Gasteiger partial charge in [0.2, 0.25) is 11.8 Å². The lowest BCUT2D eigenvalue weighted by Gasteiger charge is -2.28. The molecule has 2 fully saturated rings. The summed E-state index contributed by atoms with van der Waals surface area (Å²) in [6.07, 6.45) is 5.41. The average Bonchev–Trinajstić information content (AvgIpc) is 3.47. The van der Waals surface area contributed by atoms with Gasteiger partial charge in [0, 0.05) is 50.0 Å². The predicted molar refractivity (Wildman–Crippen MR) is 167 cm³/mol. The fraction of sp³-hybridized carbons (Fsp3) is 0.400. The highest BCUT2D eigenvalue weighted by molar-refractivity contribution is 6.02. The molecule has 0 radical (unpaired) electrons. The first-order valence-electron chi connectivity index (χ1n) is 15.5. The van der Waals surface area contributed by atoms with Gasteiger partial charge in [-0.3, -0.25) is 14.4 Å². The highest BCUT2D eigenvalue weighted by Gasteiger charge is 2.28. The summed E-state index contributed by atoms with van der Waals surface area (Å²) in [5.74, 6) is -0.640. The largest absolute Gasteiger partial charge is 0.369 e. The van der Waals surface area contributed by atoms with Crippen molar-refractivity contribution < 1.29 is 18.8 Å². The van der Waals surface area contributed by atoms with E-state index in [-0.39, 0.29) is 41.9 Å². The molecule has 0 spiro atoms. The quantitative estimate of drug-likeness (QED) is 0.318. The van der Waals surface area contributed by atoms with E-state index in [1.54, 1.807) is 18.2 Å². The zero-order valence-electron chi connectivity index (χ0n) is 24.9. The number of anilines is 2. The molecule has 8 heteroatoms. The number of carbonyl (C=O) groups is 3.